The molecule has 2 nitrogen and oxygen atoms in total. The lowest BCUT2D eigenvalue weighted by Gasteiger charge is -2.21. The van der Waals surface area contributed by atoms with Gasteiger partial charge in [-0.05, 0) is 17.8 Å². The van der Waals surface area contributed by atoms with Crippen LogP contribution < -0.4 is 0 Å². The summed E-state index contributed by atoms with van der Waals surface area (Å²) in [7, 11) is 1.61. The van der Waals surface area contributed by atoms with Crippen molar-refractivity contribution in [2.75, 3.05) is 7.11 Å². The molecule has 0 aromatic heterocycles. The van der Waals surface area contributed by atoms with Crippen LogP contribution in [0.15, 0.2) is 0 Å². The Bertz CT molecular complexity index is 177. The number of Topliss-reactive ketones (excluding diaryl/α,β-unsaturated/α-hetero) is 1. The molecule has 0 radical (unpaired) electrons. The van der Waals surface area contributed by atoms with Crippen molar-refractivity contribution in [3.8, 4) is 0 Å². The normalized spacial score (nSPS) is 14.5. The van der Waals surface area contributed by atoms with Crippen LogP contribution in [0, 0.1) is 11.3 Å². The van der Waals surface area contributed by atoms with Crippen molar-refractivity contribution in [3.63, 3.8) is 0 Å². The van der Waals surface area contributed by atoms with E-state index in [2.05, 4.69) is 20.8 Å². The Morgan fingerprint density at radius 3 is 2.07 bits per heavy atom. The highest BCUT2D eigenvalue weighted by Gasteiger charge is 2.22. The molecular formula is C12H24O2. The summed E-state index contributed by atoms with van der Waals surface area (Å²) in [4.78, 5) is 11.7. The fourth-order valence-corrected chi connectivity index (χ4v) is 1.42. The Labute approximate surface area is 88.0 Å². The van der Waals surface area contributed by atoms with Crippen LogP contribution in [0.3, 0.4) is 0 Å². The van der Waals surface area contributed by atoms with Gasteiger partial charge >= 0.3 is 0 Å². The summed E-state index contributed by atoms with van der Waals surface area (Å²) in [5.41, 5.74) is 0.227. The SMILES string of the molecule is COC(C(=O)CCC(C)(C)C)C(C)C. The average Bonchev–Trinajstić information content (AvgIpc) is 2.00. The molecule has 0 amide bonds. The largest absolute Gasteiger partial charge is 0.373 e. The maximum Gasteiger partial charge on any atom is 0.161 e. The number of rotatable bonds is 5. The summed E-state index contributed by atoms with van der Waals surface area (Å²) < 4.78 is 5.19. The van der Waals surface area contributed by atoms with E-state index in [9.17, 15) is 4.79 Å². The first-order valence-corrected chi connectivity index (χ1v) is 5.33. The molecule has 0 aliphatic heterocycles. The lowest BCUT2D eigenvalue weighted by atomic mass is 9.87. The molecule has 0 fully saturated rings. The minimum Gasteiger partial charge on any atom is -0.373 e. The van der Waals surface area contributed by atoms with Crippen LogP contribution >= 0.6 is 0 Å². The summed E-state index contributed by atoms with van der Waals surface area (Å²) >= 11 is 0. The van der Waals surface area contributed by atoms with Gasteiger partial charge in [-0.15, -0.1) is 0 Å². The summed E-state index contributed by atoms with van der Waals surface area (Å²) in [6.07, 6.45) is 1.33. The van der Waals surface area contributed by atoms with Crippen molar-refractivity contribution in [1.29, 1.82) is 0 Å². The Morgan fingerprint density at radius 1 is 1.29 bits per heavy atom. The first kappa shape index (κ1) is 13.6. The van der Waals surface area contributed by atoms with E-state index in [1.807, 2.05) is 13.8 Å². The third-order valence-electron chi connectivity index (χ3n) is 2.30. The number of methoxy groups -OCH3 is 1. The first-order chi connectivity index (χ1) is 6.28. The molecule has 1 unspecified atom stereocenters. The molecule has 0 aliphatic carbocycles. The third-order valence-corrected chi connectivity index (χ3v) is 2.30. The second-order valence-electron chi connectivity index (χ2n) is 5.43. The second kappa shape index (κ2) is 5.50. The molecule has 0 spiro atoms. The Hall–Kier alpha value is -0.370. The summed E-state index contributed by atoms with van der Waals surface area (Å²) in [5, 5.41) is 0. The van der Waals surface area contributed by atoms with Crippen molar-refractivity contribution < 1.29 is 9.53 Å². The number of carbonyl (C=O) groups excluding carboxylic acids is 1. The van der Waals surface area contributed by atoms with Gasteiger partial charge in [0.05, 0.1) is 0 Å². The molecule has 14 heavy (non-hydrogen) atoms. The molecule has 84 valence electrons. The molecule has 0 rings (SSSR count). The molecule has 0 heterocycles. The lowest BCUT2D eigenvalue weighted by Crippen LogP contribution is -2.29. The van der Waals surface area contributed by atoms with Gasteiger partial charge in [-0.2, -0.15) is 0 Å². The lowest BCUT2D eigenvalue weighted by molar-refractivity contribution is -0.131. The van der Waals surface area contributed by atoms with Gasteiger partial charge in [0.1, 0.15) is 6.10 Å². The number of ether oxygens (including phenoxy) is 1. The molecule has 0 aliphatic rings. The van der Waals surface area contributed by atoms with E-state index >= 15 is 0 Å². The van der Waals surface area contributed by atoms with E-state index in [-0.39, 0.29) is 23.2 Å². The standard InChI is InChI=1S/C12H24O2/c1-9(2)11(14-6)10(13)7-8-12(3,4)5/h9,11H,7-8H2,1-6H3. The zero-order chi connectivity index (χ0) is 11.4. The molecule has 1 atom stereocenters. The van der Waals surface area contributed by atoms with Gasteiger partial charge in [-0.25, -0.2) is 0 Å². The summed E-state index contributed by atoms with van der Waals surface area (Å²) in [5.74, 6) is 0.505. The van der Waals surface area contributed by atoms with E-state index in [4.69, 9.17) is 4.74 Å². The van der Waals surface area contributed by atoms with Gasteiger partial charge < -0.3 is 4.74 Å². The quantitative estimate of drug-likeness (QED) is 0.682. The van der Waals surface area contributed by atoms with E-state index < -0.39 is 0 Å². The summed E-state index contributed by atoms with van der Waals surface area (Å²) in [6.45, 7) is 10.5. The minimum absolute atomic E-state index is 0.225. The van der Waals surface area contributed by atoms with E-state index in [0.717, 1.165) is 6.42 Å². The van der Waals surface area contributed by atoms with Crippen molar-refractivity contribution in [3.05, 3.63) is 0 Å². The molecule has 0 aromatic carbocycles. The molecule has 0 N–H and O–H groups in total. The van der Waals surface area contributed by atoms with Gasteiger partial charge in [0, 0.05) is 13.5 Å². The second-order valence-corrected chi connectivity index (χ2v) is 5.43. The van der Waals surface area contributed by atoms with Crippen molar-refractivity contribution >= 4 is 5.78 Å². The van der Waals surface area contributed by atoms with Gasteiger partial charge in [0.15, 0.2) is 5.78 Å². The van der Waals surface area contributed by atoms with E-state index in [1.165, 1.54) is 0 Å². The number of hydrogen-bond acceptors (Lipinski definition) is 2. The highest BCUT2D eigenvalue weighted by atomic mass is 16.5. The van der Waals surface area contributed by atoms with Crippen LogP contribution in [0.25, 0.3) is 0 Å². The van der Waals surface area contributed by atoms with Crippen molar-refractivity contribution in [1.82, 2.24) is 0 Å². The van der Waals surface area contributed by atoms with Crippen LogP contribution in [-0.4, -0.2) is 19.0 Å². The summed E-state index contributed by atoms with van der Waals surface area (Å²) in [6, 6.07) is 0. The zero-order valence-electron chi connectivity index (χ0n) is 10.4. The average molecular weight is 200 g/mol. The molecule has 0 saturated heterocycles. The maximum absolute atomic E-state index is 11.7. The minimum atomic E-state index is -0.225. The van der Waals surface area contributed by atoms with Crippen molar-refractivity contribution in [2.45, 2.75) is 53.6 Å². The predicted octanol–water partition coefficient (Wildman–Crippen LogP) is 3.05. The van der Waals surface area contributed by atoms with E-state index in [0.29, 0.717) is 6.42 Å². The van der Waals surface area contributed by atoms with Crippen LogP contribution in [0.5, 0.6) is 0 Å². The van der Waals surface area contributed by atoms with Crippen LogP contribution in [-0.2, 0) is 9.53 Å². The highest BCUT2D eigenvalue weighted by Crippen LogP contribution is 2.22. The highest BCUT2D eigenvalue weighted by molar-refractivity contribution is 5.83. The topological polar surface area (TPSA) is 26.3 Å². The van der Waals surface area contributed by atoms with Gasteiger partial charge in [-0.1, -0.05) is 34.6 Å². The fraction of sp³-hybridized carbons (Fsp3) is 0.917. The number of hydrogen-bond donors (Lipinski definition) is 0. The van der Waals surface area contributed by atoms with Crippen LogP contribution in [0.4, 0.5) is 0 Å². The number of ketones is 1. The first-order valence-electron chi connectivity index (χ1n) is 5.33. The molecule has 0 bridgehead atoms. The smallest absolute Gasteiger partial charge is 0.161 e. The Morgan fingerprint density at radius 2 is 1.79 bits per heavy atom. The molecule has 2 heteroatoms. The number of carbonyl (C=O) groups is 1. The molecule has 0 aromatic rings. The van der Waals surface area contributed by atoms with Crippen LogP contribution in [0.2, 0.25) is 0 Å². The fourth-order valence-electron chi connectivity index (χ4n) is 1.42. The molecular weight excluding hydrogens is 176 g/mol. The zero-order valence-corrected chi connectivity index (χ0v) is 10.4. The van der Waals surface area contributed by atoms with Crippen LogP contribution in [0.1, 0.15) is 47.5 Å². The Balaban J connectivity index is 4.06. The maximum atomic E-state index is 11.7. The third kappa shape index (κ3) is 5.38. The van der Waals surface area contributed by atoms with Crippen molar-refractivity contribution in [2.24, 2.45) is 11.3 Å². The van der Waals surface area contributed by atoms with Gasteiger partial charge in [0.25, 0.3) is 0 Å². The monoisotopic (exact) mass is 200 g/mol. The van der Waals surface area contributed by atoms with Gasteiger partial charge in [-0.3, -0.25) is 4.79 Å². The van der Waals surface area contributed by atoms with Gasteiger partial charge in [0.2, 0.25) is 0 Å². The molecule has 0 saturated carbocycles. The van der Waals surface area contributed by atoms with E-state index in [1.54, 1.807) is 7.11 Å². The Kier molecular flexibility index (Phi) is 5.35. The predicted molar refractivity (Wildman–Crippen MR) is 59.3 cm³/mol.